The van der Waals surface area contributed by atoms with Gasteiger partial charge in [-0.3, -0.25) is 4.79 Å². The lowest BCUT2D eigenvalue weighted by molar-refractivity contribution is -0.143. The van der Waals surface area contributed by atoms with Crippen LogP contribution in [0.4, 0.5) is 0 Å². The number of esters is 3. The Morgan fingerprint density at radius 1 is 0.703 bits per heavy atom. The molecular formula is C29H34O8. The molecule has 0 radical (unpaired) electrons. The van der Waals surface area contributed by atoms with Gasteiger partial charge < -0.3 is 23.7 Å². The zero-order valence-electron chi connectivity index (χ0n) is 22.1. The van der Waals surface area contributed by atoms with E-state index in [1.807, 2.05) is 18.2 Å². The van der Waals surface area contributed by atoms with Gasteiger partial charge in [0.05, 0.1) is 5.41 Å². The van der Waals surface area contributed by atoms with Gasteiger partial charge in [-0.2, -0.15) is 0 Å². The van der Waals surface area contributed by atoms with E-state index in [2.05, 4.69) is 13.2 Å². The maximum absolute atomic E-state index is 12.1. The highest BCUT2D eigenvalue weighted by atomic mass is 16.6. The molecule has 2 aromatic carbocycles. The van der Waals surface area contributed by atoms with Gasteiger partial charge >= 0.3 is 17.9 Å². The highest BCUT2D eigenvalue weighted by molar-refractivity contribution is 5.87. The summed E-state index contributed by atoms with van der Waals surface area (Å²) < 4.78 is 27.2. The number of hydrogen-bond donors (Lipinski definition) is 0. The van der Waals surface area contributed by atoms with E-state index in [9.17, 15) is 14.4 Å². The Balaban J connectivity index is 2.14. The Kier molecular flexibility index (Phi) is 10.5. The number of rotatable bonds is 12. The van der Waals surface area contributed by atoms with Crippen LogP contribution in [0.25, 0.3) is 11.1 Å². The number of ether oxygens (including phenoxy) is 5. The Hall–Kier alpha value is -4.07. The molecule has 198 valence electrons. The van der Waals surface area contributed by atoms with E-state index >= 15 is 0 Å². The molecule has 0 aromatic heterocycles. The third-order valence-electron chi connectivity index (χ3n) is 4.80. The summed E-state index contributed by atoms with van der Waals surface area (Å²) >= 11 is 0. The quantitative estimate of drug-likeness (QED) is 0.164. The van der Waals surface area contributed by atoms with Gasteiger partial charge in [0.2, 0.25) is 0 Å². The molecule has 2 aromatic rings. The third-order valence-corrected chi connectivity index (χ3v) is 4.80. The molecule has 37 heavy (non-hydrogen) atoms. The molecule has 0 saturated heterocycles. The fraction of sp³-hybridized carbons (Fsp3) is 0.345. The summed E-state index contributed by atoms with van der Waals surface area (Å²) in [6.07, 6.45) is 0. The van der Waals surface area contributed by atoms with Crippen LogP contribution in [0.2, 0.25) is 0 Å². The summed E-state index contributed by atoms with van der Waals surface area (Å²) in [5.74, 6) is -0.0235. The number of benzene rings is 2. The molecule has 0 aliphatic heterocycles. The zero-order valence-corrected chi connectivity index (χ0v) is 22.1. The predicted molar refractivity (Wildman–Crippen MR) is 140 cm³/mol. The first-order valence-corrected chi connectivity index (χ1v) is 11.8. The highest BCUT2D eigenvalue weighted by Crippen LogP contribution is 2.33. The van der Waals surface area contributed by atoms with E-state index in [0.29, 0.717) is 28.4 Å². The summed E-state index contributed by atoms with van der Waals surface area (Å²) in [5.41, 5.74) is 1.67. The molecule has 0 fully saturated rings. The lowest BCUT2D eigenvalue weighted by Gasteiger charge is -2.17. The normalized spacial score (nSPS) is 10.7. The lowest BCUT2D eigenvalue weighted by atomic mass is 9.97. The second-order valence-corrected chi connectivity index (χ2v) is 9.35. The van der Waals surface area contributed by atoms with Crippen molar-refractivity contribution in [3.05, 3.63) is 66.8 Å². The van der Waals surface area contributed by atoms with Crippen molar-refractivity contribution >= 4 is 17.9 Å². The van der Waals surface area contributed by atoms with Crippen molar-refractivity contribution in [2.75, 3.05) is 26.4 Å². The molecule has 0 N–H and O–H groups in total. The molecule has 0 heterocycles. The van der Waals surface area contributed by atoms with Gasteiger partial charge in [-0.05, 0) is 70.0 Å². The van der Waals surface area contributed by atoms with Crippen molar-refractivity contribution in [1.82, 2.24) is 0 Å². The molecule has 8 nitrogen and oxygen atoms in total. The van der Waals surface area contributed by atoms with E-state index in [-0.39, 0.29) is 32.4 Å². The zero-order chi connectivity index (χ0) is 27.6. The van der Waals surface area contributed by atoms with Crippen LogP contribution in [0, 0.1) is 5.41 Å². The second-order valence-electron chi connectivity index (χ2n) is 9.35. The van der Waals surface area contributed by atoms with Gasteiger partial charge in [0, 0.05) is 11.1 Å². The van der Waals surface area contributed by atoms with E-state index in [1.54, 1.807) is 58.9 Å². The van der Waals surface area contributed by atoms with Crippen LogP contribution >= 0.6 is 0 Å². The molecule has 0 amide bonds. The minimum absolute atomic E-state index is 0.0272. The Labute approximate surface area is 217 Å². The second kappa shape index (κ2) is 13.3. The standard InChI is InChI=1S/C29H34O8/c1-19(2)26(30)35-16-14-33-24-13-10-22(18-25(24)34-15-17-36-27(31)20(3)4)21-8-11-23(12-9-21)37-28(32)29(5,6)7/h8-13,18H,1,3,14-17H2,2,4-7H3. The van der Waals surface area contributed by atoms with E-state index in [4.69, 9.17) is 23.7 Å². The smallest absolute Gasteiger partial charge is 0.333 e. The van der Waals surface area contributed by atoms with Crippen molar-refractivity contribution in [3.63, 3.8) is 0 Å². The largest absolute Gasteiger partial charge is 0.486 e. The average Bonchev–Trinajstić information content (AvgIpc) is 2.84. The van der Waals surface area contributed by atoms with Crippen molar-refractivity contribution in [3.8, 4) is 28.4 Å². The molecule has 0 aliphatic rings. The summed E-state index contributed by atoms with van der Waals surface area (Å²) in [5, 5.41) is 0. The molecule has 0 atom stereocenters. The van der Waals surface area contributed by atoms with Gasteiger partial charge in [0.1, 0.15) is 32.2 Å². The van der Waals surface area contributed by atoms with Crippen LogP contribution in [-0.2, 0) is 23.9 Å². The lowest BCUT2D eigenvalue weighted by Crippen LogP contribution is -2.25. The summed E-state index contributed by atoms with van der Waals surface area (Å²) in [6.45, 7) is 15.8. The van der Waals surface area contributed by atoms with Crippen LogP contribution in [0.5, 0.6) is 17.2 Å². The monoisotopic (exact) mass is 510 g/mol. The van der Waals surface area contributed by atoms with Crippen LogP contribution < -0.4 is 14.2 Å². The van der Waals surface area contributed by atoms with Crippen molar-refractivity contribution in [2.45, 2.75) is 34.6 Å². The van der Waals surface area contributed by atoms with Gasteiger partial charge in [-0.1, -0.05) is 31.4 Å². The first kappa shape index (κ1) is 29.2. The maximum Gasteiger partial charge on any atom is 0.333 e. The van der Waals surface area contributed by atoms with E-state index in [1.165, 1.54) is 0 Å². The fourth-order valence-electron chi connectivity index (χ4n) is 2.71. The number of carbonyl (C=O) groups is 3. The van der Waals surface area contributed by atoms with Crippen molar-refractivity contribution in [1.29, 1.82) is 0 Å². The summed E-state index contributed by atoms with van der Waals surface area (Å²) in [4.78, 5) is 35.3. The van der Waals surface area contributed by atoms with E-state index < -0.39 is 17.4 Å². The van der Waals surface area contributed by atoms with Gasteiger partial charge in [0.15, 0.2) is 11.5 Å². The summed E-state index contributed by atoms with van der Waals surface area (Å²) in [6, 6.07) is 12.5. The summed E-state index contributed by atoms with van der Waals surface area (Å²) in [7, 11) is 0. The van der Waals surface area contributed by atoms with Crippen LogP contribution in [0.3, 0.4) is 0 Å². The average molecular weight is 511 g/mol. The molecule has 8 heteroatoms. The van der Waals surface area contributed by atoms with Crippen molar-refractivity contribution in [2.24, 2.45) is 5.41 Å². The van der Waals surface area contributed by atoms with Crippen LogP contribution in [0.1, 0.15) is 34.6 Å². The van der Waals surface area contributed by atoms with Gasteiger partial charge in [-0.15, -0.1) is 0 Å². The predicted octanol–water partition coefficient (Wildman–Crippen LogP) is 5.30. The molecule has 0 saturated carbocycles. The minimum Gasteiger partial charge on any atom is -0.486 e. The molecule has 0 unspecified atom stereocenters. The molecule has 0 aliphatic carbocycles. The minimum atomic E-state index is -0.609. The Bertz CT molecular complexity index is 1140. The topological polar surface area (TPSA) is 97.4 Å². The van der Waals surface area contributed by atoms with Crippen molar-refractivity contribution < 1.29 is 38.1 Å². The first-order valence-electron chi connectivity index (χ1n) is 11.8. The van der Waals surface area contributed by atoms with E-state index in [0.717, 1.165) is 11.1 Å². The molecular weight excluding hydrogens is 476 g/mol. The van der Waals surface area contributed by atoms with Crippen LogP contribution in [0.15, 0.2) is 66.8 Å². The van der Waals surface area contributed by atoms with Crippen LogP contribution in [-0.4, -0.2) is 44.3 Å². The molecule has 2 rings (SSSR count). The van der Waals surface area contributed by atoms with Gasteiger partial charge in [0.25, 0.3) is 0 Å². The Morgan fingerprint density at radius 3 is 1.68 bits per heavy atom. The SMILES string of the molecule is C=C(C)C(=O)OCCOc1ccc(-c2ccc(OC(=O)C(C)(C)C)cc2)cc1OCCOC(=O)C(=C)C. The fourth-order valence-corrected chi connectivity index (χ4v) is 2.71. The Morgan fingerprint density at radius 2 is 1.19 bits per heavy atom. The highest BCUT2D eigenvalue weighted by Gasteiger charge is 2.23. The number of hydrogen-bond acceptors (Lipinski definition) is 8. The van der Waals surface area contributed by atoms with Gasteiger partial charge in [-0.25, -0.2) is 9.59 Å². The number of carbonyl (C=O) groups excluding carboxylic acids is 3. The third kappa shape index (κ3) is 9.48. The molecule has 0 spiro atoms. The molecule has 0 bridgehead atoms. The maximum atomic E-state index is 12.1. The first-order chi connectivity index (χ1) is 17.4.